The number of hydrogen-bond donors (Lipinski definition) is 1. The van der Waals surface area contributed by atoms with Crippen molar-refractivity contribution in [1.29, 1.82) is 0 Å². The Morgan fingerprint density at radius 2 is 2.00 bits per heavy atom. The van der Waals surface area contributed by atoms with Crippen LogP contribution in [0.4, 0.5) is 0 Å². The summed E-state index contributed by atoms with van der Waals surface area (Å²) >= 11 is 0. The third kappa shape index (κ3) is 1.39. The molecule has 3 aliphatic rings. The summed E-state index contributed by atoms with van der Waals surface area (Å²) in [6, 6.07) is 10.3. The second-order valence-corrected chi connectivity index (χ2v) is 7.64. The zero-order valence-electron chi connectivity index (χ0n) is 13.5. The molecule has 1 saturated heterocycles. The molecule has 3 heteroatoms. The Morgan fingerprint density at radius 3 is 2.68 bits per heavy atom. The number of aliphatic hydroxyl groups excluding tert-OH is 1. The molecule has 4 rings (SSSR count). The van der Waals surface area contributed by atoms with Crippen LogP contribution in [0, 0.1) is 10.8 Å². The van der Waals surface area contributed by atoms with Crippen molar-refractivity contribution in [2.24, 2.45) is 10.8 Å². The standard InChI is InChI=1S/C19H25NO2/c1-3-20-12-11-18-13-17(18,2)15(21)9-10-19(18,16(20)22)14-7-5-4-6-8-14/h4-8,15,21H,3,9-13H2,1-2H3/t15-,17-,18-,19-/m0/s1. The highest BCUT2D eigenvalue weighted by Gasteiger charge is 2.81. The quantitative estimate of drug-likeness (QED) is 0.912. The number of piperidine rings is 1. The molecule has 1 aromatic rings. The lowest BCUT2D eigenvalue weighted by molar-refractivity contribution is -0.152. The van der Waals surface area contributed by atoms with E-state index in [4.69, 9.17) is 0 Å². The zero-order valence-corrected chi connectivity index (χ0v) is 13.5. The molecule has 0 bridgehead atoms. The average Bonchev–Trinajstić information content (AvgIpc) is 3.17. The minimum Gasteiger partial charge on any atom is -0.393 e. The molecule has 1 aliphatic heterocycles. The maximum absolute atomic E-state index is 13.4. The molecular weight excluding hydrogens is 274 g/mol. The molecule has 1 N–H and O–H groups in total. The Hall–Kier alpha value is -1.35. The van der Waals surface area contributed by atoms with Gasteiger partial charge in [-0.15, -0.1) is 0 Å². The molecule has 2 aliphatic carbocycles. The number of hydrogen-bond acceptors (Lipinski definition) is 2. The Bertz CT molecular complexity index is 615. The van der Waals surface area contributed by atoms with Crippen molar-refractivity contribution in [3.63, 3.8) is 0 Å². The van der Waals surface area contributed by atoms with Crippen LogP contribution in [0.5, 0.6) is 0 Å². The molecule has 3 nitrogen and oxygen atoms in total. The lowest BCUT2D eigenvalue weighted by atomic mass is 9.54. The first-order chi connectivity index (χ1) is 10.5. The molecule has 0 aromatic heterocycles. The second-order valence-electron chi connectivity index (χ2n) is 7.64. The summed E-state index contributed by atoms with van der Waals surface area (Å²) in [4.78, 5) is 15.5. The Labute approximate surface area is 132 Å². The van der Waals surface area contributed by atoms with E-state index in [0.29, 0.717) is 5.91 Å². The number of likely N-dealkylation sites (tertiary alicyclic amines) is 1. The predicted octanol–water partition coefficient (Wildman–Crippen LogP) is 2.73. The lowest BCUT2D eigenvalue weighted by Gasteiger charge is -2.53. The predicted molar refractivity (Wildman–Crippen MR) is 85.4 cm³/mol. The summed E-state index contributed by atoms with van der Waals surface area (Å²) in [7, 11) is 0. The van der Waals surface area contributed by atoms with Gasteiger partial charge in [0.25, 0.3) is 0 Å². The van der Waals surface area contributed by atoms with Crippen LogP contribution in [0.15, 0.2) is 30.3 Å². The molecule has 0 unspecified atom stereocenters. The number of rotatable bonds is 2. The highest BCUT2D eigenvalue weighted by Crippen LogP contribution is 2.80. The van der Waals surface area contributed by atoms with E-state index in [9.17, 15) is 9.90 Å². The molecule has 1 spiro atoms. The summed E-state index contributed by atoms with van der Waals surface area (Å²) in [5, 5.41) is 10.6. The van der Waals surface area contributed by atoms with Crippen LogP contribution in [0.1, 0.15) is 45.1 Å². The number of benzene rings is 1. The molecule has 1 aromatic carbocycles. The molecule has 1 heterocycles. The fraction of sp³-hybridized carbons (Fsp3) is 0.632. The summed E-state index contributed by atoms with van der Waals surface area (Å²) in [5.41, 5.74) is 0.614. The van der Waals surface area contributed by atoms with Crippen LogP contribution in [0.3, 0.4) is 0 Å². The molecule has 118 valence electrons. The van der Waals surface area contributed by atoms with Crippen LogP contribution in [0.25, 0.3) is 0 Å². The van der Waals surface area contributed by atoms with Gasteiger partial charge in [-0.3, -0.25) is 4.79 Å². The molecular formula is C19H25NO2. The van der Waals surface area contributed by atoms with Gasteiger partial charge in [0.1, 0.15) is 0 Å². The number of carbonyl (C=O) groups excluding carboxylic acids is 1. The Balaban J connectivity index is 1.91. The molecule has 1 amide bonds. The SMILES string of the molecule is CCN1CC[C@]23C[C@@]2(C)[C@@H](O)CC[C@]3(c2ccccc2)C1=O. The van der Waals surface area contributed by atoms with Crippen LogP contribution in [-0.2, 0) is 10.2 Å². The summed E-state index contributed by atoms with van der Waals surface area (Å²) < 4.78 is 0. The van der Waals surface area contributed by atoms with Crippen molar-refractivity contribution in [2.45, 2.75) is 51.0 Å². The number of amides is 1. The van der Waals surface area contributed by atoms with Gasteiger partial charge >= 0.3 is 0 Å². The normalized spacial score (nSPS) is 43.5. The zero-order chi connectivity index (χ0) is 15.6. The van der Waals surface area contributed by atoms with Crippen LogP contribution in [-0.4, -0.2) is 35.1 Å². The topological polar surface area (TPSA) is 40.5 Å². The van der Waals surface area contributed by atoms with E-state index in [1.54, 1.807) is 0 Å². The largest absolute Gasteiger partial charge is 0.393 e. The van der Waals surface area contributed by atoms with E-state index >= 15 is 0 Å². The van der Waals surface area contributed by atoms with Crippen molar-refractivity contribution in [3.8, 4) is 0 Å². The van der Waals surface area contributed by atoms with E-state index in [0.717, 1.165) is 44.3 Å². The summed E-state index contributed by atoms with van der Waals surface area (Å²) in [5.74, 6) is 0.295. The minimum atomic E-state index is -0.420. The van der Waals surface area contributed by atoms with Crippen molar-refractivity contribution in [2.75, 3.05) is 13.1 Å². The van der Waals surface area contributed by atoms with E-state index in [1.165, 1.54) is 0 Å². The first-order valence-electron chi connectivity index (χ1n) is 8.55. The van der Waals surface area contributed by atoms with Gasteiger partial charge in [-0.2, -0.15) is 0 Å². The van der Waals surface area contributed by atoms with Crippen LogP contribution >= 0.6 is 0 Å². The van der Waals surface area contributed by atoms with Crippen molar-refractivity contribution in [1.82, 2.24) is 4.90 Å². The highest BCUT2D eigenvalue weighted by molar-refractivity contribution is 5.91. The monoisotopic (exact) mass is 299 g/mol. The molecule has 0 radical (unpaired) electrons. The molecule has 22 heavy (non-hydrogen) atoms. The van der Waals surface area contributed by atoms with Gasteiger partial charge in [0.15, 0.2) is 0 Å². The van der Waals surface area contributed by atoms with Crippen LogP contribution in [0.2, 0.25) is 0 Å². The lowest BCUT2D eigenvalue weighted by Crippen LogP contribution is -2.61. The number of likely N-dealkylation sites (N-methyl/N-ethyl adjacent to an activating group) is 1. The van der Waals surface area contributed by atoms with Crippen molar-refractivity contribution >= 4 is 5.91 Å². The molecule has 4 atom stereocenters. The Morgan fingerprint density at radius 1 is 1.27 bits per heavy atom. The second kappa shape index (κ2) is 4.35. The smallest absolute Gasteiger partial charge is 0.233 e. The molecule has 2 saturated carbocycles. The maximum Gasteiger partial charge on any atom is 0.233 e. The van der Waals surface area contributed by atoms with Gasteiger partial charge in [0, 0.05) is 18.5 Å². The van der Waals surface area contributed by atoms with Crippen LogP contribution < -0.4 is 0 Å². The maximum atomic E-state index is 13.4. The van der Waals surface area contributed by atoms with E-state index in [2.05, 4.69) is 26.0 Å². The Kier molecular flexibility index (Phi) is 2.82. The minimum absolute atomic E-state index is 0.0399. The van der Waals surface area contributed by atoms with Gasteiger partial charge in [0.05, 0.1) is 11.5 Å². The average molecular weight is 299 g/mol. The highest BCUT2D eigenvalue weighted by atomic mass is 16.3. The first-order valence-corrected chi connectivity index (χ1v) is 8.55. The summed E-state index contributed by atoms with van der Waals surface area (Å²) in [6.45, 7) is 5.89. The van der Waals surface area contributed by atoms with Gasteiger partial charge in [0.2, 0.25) is 5.91 Å². The fourth-order valence-electron chi connectivity index (χ4n) is 5.73. The number of carbonyl (C=O) groups is 1. The van der Waals surface area contributed by atoms with Gasteiger partial charge in [-0.05, 0) is 43.6 Å². The van der Waals surface area contributed by atoms with E-state index in [1.807, 2.05) is 23.1 Å². The number of nitrogens with zero attached hydrogens (tertiary/aromatic N) is 1. The first kappa shape index (κ1) is 14.3. The third-order valence-corrected chi connectivity index (χ3v) is 7.09. The van der Waals surface area contributed by atoms with E-state index in [-0.39, 0.29) is 16.9 Å². The van der Waals surface area contributed by atoms with Gasteiger partial charge in [-0.25, -0.2) is 0 Å². The van der Waals surface area contributed by atoms with Gasteiger partial charge in [-0.1, -0.05) is 37.3 Å². The number of aliphatic hydroxyl groups is 1. The molecule has 3 fully saturated rings. The third-order valence-electron chi connectivity index (χ3n) is 7.09. The van der Waals surface area contributed by atoms with E-state index < -0.39 is 5.41 Å². The summed E-state index contributed by atoms with van der Waals surface area (Å²) in [6.07, 6.45) is 3.26. The van der Waals surface area contributed by atoms with Crippen molar-refractivity contribution < 1.29 is 9.90 Å². The fourth-order valence-corrected chi connectivity index (χ4v) is 5.73. The van der Waals surface area contributed by atoms with Gasteiger partial charge < -0.3 is 10.0 Å². The van der Waals surface area contributed by atoms with Crippen molar-refractivity contribution in [3.05, 3.63) is 35.9 Å².